The average molecular weight is 241 g/mol. The molecule has 1 aliphatic rings. The maximum absolute atomic E-state index is 5.98. The van der Waals surface area contributed by atoms with E-state index in [-0.39, 0.29) is 5.54 Å². The van der Waals surface area contributed by atoms with E-state index in [0.29, 0.717) is 11.5 Å². The predicted molar refractivity (Wildman–Crippen MR) is 75.2 cm³/mol. The first-order valence-electron chi connectivity index (χ1n) is 6.81. The van der Waals surface area contributed by atoms with Crippen LogP contribution in [-0.2, 0) is 0 Å². The third-order valence-electron chi connectivity index (χ3n) is 3.98. The van der Waals surface area contributed by atoms with E-state index >= 15 is 0 Å². The summed E-state index contributed by atoms with van der Waals surface area (Å²) in [7, 11) is 2.22. The summed E-state index contributed by atoms with van der Waals surface area (Å²) >= 11 is 0. The molecule has 0 radical (unpaired) electrons. The molecule has 17 heavy (non-hydrogen) atoms. The van der Waals surface area contributed by atoms with Crippen LogP contribution in [0.4, 0.5) is 0 Å². The molecule has 0 aromatic heterocycles. The normalized spacial score (nSPS) is 24.9. The van der Waals surface area contributed by atoms with Crippen molar-refractivity contribution < 1.29 is 0 Å². The molecule has 1 unspecified atom stereocenters. The molecule has 1 rings (SSSR count). The smallest absolute Gasteiger partial charge is 0.0277 e. The third-order valence-corrected chi connectivity index (χ3v) is 3.98. The predicted octanol–water partition coefficient (Wildman–Crippen LogP) is 1.78. The Bertz CT molecular complexity index is 242. The van der Waals surface area contributed by atoms with Crippen molar-refractivity contribution in [1.82, 2.24) is 9.80 Å². The maximum atomic E-state index is 5.98. The number of piperazine rings is 1. The molecule has 0 aromatic rings. The summed E-state index contributed by atoms with van der Waals surface area (Å²) < 4.78 is 0. The highest BCUT2D eigenvalue weighted by atomic mass is 15.3. The molecule has 0 amide bonds. The first-order chi connectivity index (χ1) is 7.65. The Morgan fingerprint density at radius 2 is 1.82 bits per heavy atom. The van der Waals surface area contributed by atoms with Crippen molar-refractivity contribution >= 4 is 0 Å². The van der Waals surface area contributed by atoms with Gasteiger partial charge in [-0.3, -0.25) is 9.80 Å². The van der Waals surface area contributed by atoms with E-state index in [0.717, 1.165) is 26.2 Å². The van der Waals surface area contributed by atoms with Gasteiger partial charge in [0.25, 0.3) is 0 Å². The number of hydrogen-bond acceptors (Lipinski definition) is 3. The topological polar surface area (TPSA) is 32.5 Å². The van der Waals surface area contributed by atoms with Gasteiger partial charge in [-0.25, -0.2) is 0 Å². The lowest BCUT2D eigenvalue weighted by molar-refractivity contribution is 0.00939. The van der Waals surface area contributed by atoms with Gasteiger partial charge < -0.3 is 5.73 Å². The van der Waals surface area contributed by atoms with Crippen molar-refractivity contribution in [2.24, 2.45) is 11.1 Å². The zero-order chi connectivity index (χ0) is 13.3. The van der Waals surface area contributed by atoms with Crippen LogP contribution >= 0.6 is 0 Å². The van der Waals surface area contributed by atoms with Crippen LogP contribution in [-0.4, -0.2) is 54.6 Å². The molecule has 102 valence electrons. The van der Waals surface area contributed by atoms with Crippen molar-refractivity contribution in [2.75, 3.05) is 33.2 Å². The Hall–Kier alpha value is -0.120. The van der Waals surface area contributed by atoms with Crippen LogP contribution in [0.25, 0.3) is 0 Å². The quantitative estimate of drug-likeness (QED) is 0.817. The minimum atomic E-state index is 0.267. The average Bonchev–Trinajstić information content (AvgIpc) is 2.17. The molecule has 2 N–H and O–H groups in total. The number of nitrogens with two attached hydrogens (primary N) is 1. The van der Waals surface area contributed by atoms with Gasteiger partial charge in [-0.1, -0.05) is 20.8 Å². The molecule has 0 spiro atoms. The van der Waals surface area contributed by atoms with Crippen LogP contribution < -0.4 is 5.73 Å². The fourth-order valence-electron chi connectivity index (χ4n) is 2.66. The summed E-state index contributed by atoms with van der Waals surface area (Å²) in [5.74, 6) is 0. The third kappa shape index (κ3) is 4.23. The van der Waals surface area contributed by atoms with Gasteiger partial charge in [-0.15, -0.1) is 0 Å². The summed E-state index contributed by atoms with van der Waals surface area (Å²) in [6.45, 7) is 15.8. The zero-order valence-electron chi connectivity index (χ0n) is 12.6. The Morgan fingerprint density at radius 1 is 1.24 bits per heavy atom. The standard InChI is InChI=1S/C14H31N3/c1-13(2,3)9-12(10-15)17-8-7-16(6)14(4,5)11-17/h12H,7-11,15H2,1-6H3. The van der Waals surface area contributed by atoms with Crippen molar-refractivity contribution in [3.63, 3.8) is 0 Å². The summed E-state index contributed by atoms with van der Waals surface area (Å²) in [5.41, 5.74) is 6.60. The van der Waals surface area contributed by atoms with Crippen LogP contribution in [0.15, 0.2) is 0 Å². The molecule has 1 heterocycles. The highest BCUT2D eigenvalue weighted by molar-refractivity contribution is 4.92. The molecule has 0 saturated carbocycles. The second-order valence-corrected chi connectivity index (χ2v) is 7.36. The van der Waals surface area contributed by atoms with Gasteiger partial charge in [0.15, 0.2) is 0 Å². The van der Waals surface area contributed by atoms with Crippen molar-refractivity contribution in [1.29, 1.82) is 0 Å². The number of hydrogen-bond donors (Lipinski definition) is 1. The van der Waals surface area contributed by atoms with Gasteiger partial charge in [0.2, 0.25) is 0 Å². The fraction of sp³-hybridized carbons (Fsp3) is 1.00. The van der Waals surface area contributed by atoms with Gasteiger partial charge in [0.1, 0.15) is 0 Å². The molecule has 0 aromatic carbocycles. The lowest BCUT2D eigenvalue weighted by Gasteiger charge is -2.48. The summed E-state index contributed by atoms with van der Waals surface area (Å²) in [6.07, 6.45) is 1.18. The summed E-state index contributed by atoms with van der Waals surface area (Å²) in [6, 6.07) is 0.531. The molecule has 3 heteroatoms. The van der Waals surface area contributed by atoms with E-state index in [2.05, 4.69) is 51.5 Å². The van der Waals surface area contributed by atoms with E-state index < -0.39 is 0 Å². The van der Waals surface area contributed by atoms with Gasteiger partial charge in [0, 0.05) is 37.8 Å². The highest BCUT2D eigenvalue weighted by Crippen LogP contribution is 2.27. The van der Waals surface area contributed by atoms with Crippen molar-refractivity contribution in [3.05, 3.63) is 0 Å². The Balaban J connectivity index is 2.65. The minimum absolute atomic E-state index is 0.267. The van der Waals surface area contributed by atoms with Crippen LogP contribution in [0.3, 0.4) is 0 Å². The number of likely N-dealkylation sites (N-methyl/N-ethyl adjacent to an activating group) is 1. The van der Waals surface area contributed by atoms with Gasteiger partial charge >= 0.3 is 0 Å². The first kappa shape index (κ1) is 14.9. The second kappa shape index (κ2) is 5.25. The molecule has 1 fully saturated rings. The number of rotatable bonds is 3. The van der Waals surface area contributed by atoms with Gasteiger partial charge in [-0.2, -0.15) is 0 Å². The molecule has 0 aliphatic carbocycles. The molecule has 3 nitrogen and oxygen atoms in total. The lowest BCUT2D eigenvalue weighted by Crippen LogP contribution is -2.61. The Kier molecular flexibility index (Phi) is 4.61. The van der Waals surface area contributed by atoms with Gasteiger partial charge in [0.05, 0.1) is 0 Å². The molecule has 1 aliphatic heterocycles. The van der Waals surface area contributed by atoms with E-state index in [1.54, 1.807) is 0 Å². The molecular weight excluding hydrogens is 210 g/mol. The largest absolute Gasteiger partial charge is 0.329 e. The van der Waals surface area contributed by atoms with Crippen molar-refractivity contribution in [3.8, 4) is 0 Å². The molecular formula is C14H31N3. The second-order valence-electron chi connectivity index (χ2n) is 7.36. The van der Waals surface area contributed by atoms with E-state index in [1.165, 1.54) is 6.42 Å². The molecule has 1 atom stereocenters. The number of nitrogens with zero attached hydrogens (tertiary/aromatic N) is 2. The van der Waals surface area contributed by atoms with Crippen LogP contribution in [0.5, 0.6) is 0 Å². The fourth-order valence-corrected chi connectivity index (χ4v) is 2.66. The van der Waals surface area contributed by atoms with Gasteiger partial charge in [-0.05, 0) is 32.7 Å². The maximum Gasteiger partial charge on any atom is 0.0277 e. The van der Waals surface area contributed by atoms with Crippen molar-refractivity contribution in [2.45, 2.75) is 52.6 Å². The lowest BCUT2D eigenvalue weighted by atomic mass is 9.86. The van der Waals surface area contributed by atoms with E-state index in [9.17, 15) is 0 Å². The monoisotopic (exact) mass is 241 g/mol. The van der Waals surface area contributed by atoms with E-state index in [4.69, 9.17) is 5.73 Å². The first-order valence-corrected chi connectivity index (χ1v) is 6.81. The highest BCUT2D eigenvalue weighted by Gasteiger charge is 2.34. The van der Waals surface area contributed by atoms with Crippen LogP contribution in [0.2, 0.25) is 0 Å². The molecule has 0 bridgehead atoms. The minimum Gasteiger partial charge on any atom is -0.329 e. The van der Waals surface area contributed by atoms with Crippen LogP contribution in [0, 0.1) is 5.41 Å². The summed E-state index contributed by atoms with van der Waals surface area (Å²) in [5, 5.41) is 0. The molecule has 1 saturated heterocycles. The van der Waals surface area contributed by atoms with E-state index in [1.807, 2.05) is 0 Å². The summed E-state index contributed by atoms with van der Waals surface area (Å²) in [4.78, 5) is 5.04. The SMILES string of the molecule is CN1CCN(C(CN)CC(C)(C)C)CC1(C)C. The van der Waals surface area contributed by atoms with Crippen LogP contribution in [0.1, 0.15) is 41.0 Å². The Morgan fingerprint density at radius 3 is 2.24 bits per heavy atom. The zero-order valence-corrected chi connectivity index (χ0v) is 12.6. The Labute approximate surface area is 107 Å².